The molecule has 1 atom stereocenters. The van der Waals surface area contributed by atoms with Gasteiger partial charge < -0.3 is 5.73 Å². The van der Waals surface area contributed by atoms with Gasteiger partial charge in [-0.3, -0.25) is 0 Å². The van der Waals surface area contributed by atoms with E-state index < -0.39 is 0 Å². The second-order valence-corrected chi connectivity index (χ2v) is 5.07. The molecule has 0 saturated carbocycles. The van der Waals surface area contributed by atoms with Crippen molar-refractivity contribution in [2.45, 2.75) is 31.7 Å². The summed E-state index contributed by atoms with van der Waals surface area (Å²) in [7, 11) is 0. The Morgan fingerprint density at radius 2 is 1.78 bits per heavy atom. The lowest BCUT2D eigenvalue weighted by molar-refractivity contribution is 0.650. The molecule has 0 amide bonds. The third kappa shape index (κ3) is 2.06. The first kappa shape index (κ1) is 11.5. The highest BCUT2D eigenvalue weighted by Crippen LogP contribution is 2.31. The largest absolute Gasteiger partial charge is 0.321 e. The van der Waals surface area contributed by atoms with Crippen LogP contribution in [0.5, 0.6) is 0 Å². The summed E-state index contributed by atoms with van der Waals surface area (Å²) in [4.78, 5) is 0. The van der Waals surface area contributed by atoms with E-state index in [9.17, 15) is 0 Å². The van der Waals surface area contributed by atoms with Crippen LogP contribution in [0, 0.1) is 0 Å². The normalized spacial score (nSPS) is 17.5. The summed E-state index contributed by atoms with van der Waals surface area (Å²) in [6.07, 6.45) is 7.28. The fourth-order valence-electron chi connectivity index (χ4n) is 2.87. The smallest absolute Gasteiger partial charge is 0.0517 e. The van der Waals surface area contributed by atoms with Gasteiger partial charge in [0.15, 0.2) is 0 Å². The zero-order valence-electron chi connectivity index (χ0n) is 10.6. The fraction of sp³-hybridized carbons (Fsp3) is 0.294. The van der Waals surface area contributed by atoms with E-state index in [0.29, 0.717) is 0 Å². The second kappa shape index (κ2) is 4.95. The minimum Gasteiger partial charge on any atom is -0.321 e. The number of benzene rings is 2. The van der Waals surface area contributed by atoms with Gasteiger partial charge in [-0.15, -0.1) is 0 Å². The van der Waals surface area contributed by atoms with E-state index >= 15 is 0 Å². The second-order valence-electron chi connectivity index (χ2n) is 5.07. The Labute approximate surface area is 108 Å². The number of hydrogen-bond acceptors (Lipinski definition) is 1. The molecule has 0 fully saturated rings. The van der Waals surface area contributed by atoms with Crippen LogP contribution >= 0.6 is 0 Å². The molecule has 92 valence electrons. The number of allylic oxidation sites excluding steroid dienone is 1. The molecule has 0 spiro atoms. The van der Waals surface area contributed by atoms with Crippen LogP contribution in [-0.4, -0.2) is 0 Å². The summed E-state index contributed by atoms with van der Waals surface area (Å²) in [5, 5.41) is 2.57. The minimum absolute atomic E-state index is 0.0661. The topological polar surface area (TPSA) is 26.0 Å². The van der Waals surface area contributed by atoms with E-state index in [4.69, 9.17) is 5.73 Å². The minimum atomic E-state index is 0.0661. The molecule has 2 N–H and O–H groups in total. The zero-order valence-corrected chi connectivity index (χ0v) is 10.6. The van der Waals surface area contributed by atoms with Crippen LogP contribution < -0.4 is 5.73 Å². The van der Waals surface area contributed by atoms with E-state index in [-0.39, 0.29) is 6.04 Å². The summed E-state index contributed by atoms with van der Waals surface area (Å²) in [5.74, 6) is 0. The average Bonchev–Trinajstić information content (AvgIpc) is 2.47. The first-order valence-corrected chi connectivity index (χ1v) is 6.78. The maximum atomic E-state index is 6.47. The lowest BCUT2D eigenvalue weighted by Gasteiger charge is -2.21. The van der Waals surface area contributed by atoms with Crippen molar-refractivity contribution in [1.82, 2.24) is 0 Å². The van der Waals surface area contributed by atoms with Gasteiger partial charge in [0.2, 0.25) is 0 Å². The van der Waals surface area contributed by atoms with E-state index in [2.05, 4.69) is 48.5 Å². The molecular formula is C17H19N. The Kier molecular flexibility index (Phi) is 3.16. The molecule has 0 radical (unpaired) electrons. The van der Waals surface area contributed by atoms with Crippen LogP contribution in [-0.2, 0) is 0 Å². The first-order chi connectivity index (χ1) is 8.86. The van der Waals surface area contributed by atoms with Crippen LogP contribution in [0.2, 0.25) is 0 Å². The molecule has 1 heteroatoms. The zero-order chi connectivity index (χ0) is 12.4. The van der Waals surface area contributed by atoms with Crippen molar-refractivity contribution in [3.63, 3.8) is 0 Å². The number of rotatable bonds is 2. The molecule has 0 bridgehead atoms. The third-order valence-electron chi connectivity index (χ3n) is 3.88. The van der Waals surface area contributed by atoms with Crippen molar-refractivity contribution >= 4 is 10.8 Å². The Morgan fingerprint density at radius 1 is 0.944 bits per heavy atom. The molecule has 1 unspecified atom stereocenters. The molecule has 0 saturated heterocycles. The van der Waals surface area contributed by atoms with Crippen molar-refractivity contribution in [2.24, 2.45) is 5.73 Å². The summed E-state index contributed by atoms with van der Waals surface area (Å²) in [6, 6.07) is 15.0. The molecule has 2 aromatic rings. The highest BCUT2D eigenvalue weighted by Gasteiger charge is 2.15. The van der Waals surface area contributed by atoms with Crippen molar-refractivity contribution < 1.29 is 0 Å². The van der Waals surface area contributed by atoms with Crippen molar-refractivity contribution in [1.29, 1.82) is 0 Å². The van der Waals surface area contributed by atoms with Crippen molar-refractivity contribution in [2.75, 3.05) is 0 Å². The van der Waals surface area contributed by atoms with Gasteiger partial charge in [0.05, 0.1) is 6.04 Å². The van der Waals surface area contributed by atoms with Gasteiger partial charge in [-0.25, -0.2) is 0 Å². The quantitative estimate of drug-likeness (QED) is 0.772. The Hall–Kier alpha value is -1.60. The number of nitrogens with two attached hydrogens (primary N) is 1. The van der Waals surface area contributed by atoms with Gasteiger partial charge in [-0.2, -0.15) is 0 Å². The highest BCUT2D eigenvalue weighted by molar-refractivity contribution is 5.86. The maximum absolute atomic E-state index is 6.47. The van der Waals surface area contributed by atoms with E-state index in [1.807, 2.05) is 0 Å². The molecule has 1 aliphatic carbocycles. The summed E-state index contributed by atoms with van der Waals surface area (Å²) < 4.78 is 0. The van der Waals surface area contributed by atoms with Crippen LogP contribution in [0.3, 0.4) is 0 Å². The van der Waals surface area contributed by atoms with E-state index in [1.54, 1.807) is 0 Å². The monoisotopic (exact) mass is 237 g/mol. The first-order valence-electron chi connectivity index (χ1n) is 6.78. The maximum Gasteiger partial charge on any atom is 0.0517 e. The van der Waals surface area contributed by atoms with Crippen LogP contribution in [0.15, 0.2) is 54.1 Å². The van der Waals surface area contributed by atoms with Gasteiger partial charge in [-0.1, -0.05) is 54.1 Å². The highest BCUT2D eigenvalue weighted by atomic mass is 14.6. The van der Waals surface area contributed by atoms with E-state index in [0.717, 1.165) is 6.42 Å². The van der Waals surface area contributed by atoms with Crippen LogP contribution in [0.1, 0.15) is 37.3 Å². The molecule has 1 nitrogen and oxygen atoms in total. The van der Waals surface area contributed by atoms with Crippen LogP contribution in [0.4, 0.5) is 0 Å². The number of fused-ring (bicyclic) bond motifs is 1. The molecule has 0 aliphatic heterocycles. The van der Waals surface area contributed by atoms with Gasteiger partial charge >= 0.3 is 0 Å². The molecule has 18 heavy (non-hydrogen) atoms. The Balaban J connectivity index is 2.05. The standard InChI is InChI=1S/C17H19N/c18-17(14-8-2-1-3-9-14)16-12-6-10-13-7-4-5-11-15(13)16/h4-8,10-12,17H,1-3,9,18H2. The molecule has 1 aliphatic rings. The summed E-state index contributed by atoms with van der Waals surface area (Å²) >= 11 is 0. The van der Waals surface area contributed by atoms with Crippen molar-refractivity contribution in [3.8, 4) is 0 Å². The number of hydrogen-bond donors (Lipinski definition) is 1. The Morgan fingerprint density at radius 3 is 2.61 bits per heavy atom. The van der Waals surface area contributed by atoms with Crippen LogP contribution in [0.25, 0.3) is 10.8 Å². The third-order valence-corrected chi connectivity index (χ3v) is 3.88. The van der Waals surface area contributed by atoms with E-state index in [1.165, 1.54) is 41.2 Å². The SMILES string of the molecule is NC(C1=CCCCC1)c1cccc2ccccc12. The molecule has 0 heterocycles. The Bertz CT molecular complexity index is 578. The molecular weight excluding hydrogens is 218 g/mol. The van der Waals surface area contributed by atoms with Gasteiger partial charge in [0.1, 0.15) is 0 Å². The average molecular weight is 237 g/mol. The van der Waals surface area contributed by atoms with Gasteiger partial charge in [-0.05, 0) is 42.0 Å². The summed E-state index contributed by atoms with van der Waals surface area (Å²) in [6.45, 7) is 0. The molecule has 3 rings (SSSR count). The molecule has 2 aromatic carbocycles. The van der Waals surface area contributed by atoms with Crippen molar-refractivity contribution in [3.05, 3.63) is 59.7 Å². The van der Waals surface area contributed by atoms with Gasteiger partial charge in [0, 0.05) is 0 Å². The fourth-order valence-corrected chi connectivity index (χ4v) is 2.87. The molecule has 0 aromatic heterocycles. The lowest BCUT2D eigenvalue weighted by atomic mass is 9.88. The summed E-state index contributed by atoms with van der Waals surface area (Å²) in [5.41, 5.74) is 9.15. The van der Waals surface area contributed by atoms with Gasteiger partial charge in [0.25, 0.3) is 0 Å². The predicted molar refractivity (Wildman–Crippen MR) is 77.4 cm³/mol. The lowest BCUT2D eigenvalue weighted by Crippen LogP contribution is -2.15. The predicted octanol–water partition coefficient (Wildman–Crippen LogP) is 4.34.